The molecule has 0 aliphatic carbocycles. The maximum Gasteiger partial charge on any atom is 0.258 e. The van der Waals surface area contributed by atoms with Crippen LogP contribution in [0.1, 0.15) is 16.1 Å². The van der Waals surface area contributed by atoms with E-state index in [-0.39, 0.29) is 18.3 Å². The summed E-state index contributed by atoms with van der Waals surface area (Å²) in [6, 6.07) is 10.2. The van der Waals surface area contributed by atoms with Gasteiger partial charge in [0, 0.05) is 23.2 Å². The van der Waals surface area contributed by atoms with Crippen molar-refractivity contribution in [3.8, 4) is 16.6 Å². The molecule has 0 bridgehead atoms. The van der Waals surface area contributed by atoms with E-state index in [0.717, 1.165) is 15.9 Å². The van der Waals surface area contributed by atoms with Gasteiger partial charge in [-0.1, -0.05) is 34.5 Å². The van der Waals surface area contributed by atoms with E-state index in [0.29, 0.717) is 32.5 Å². The van der Waals surface area contributed by atoms with E-state index in [1.54, 1.807) is 22.9 Å². The topological polar surface area (TPSA) is 78.3 Å². The minimum absolute atomic E-state index is 0.208. The first-order valence-electron chi connectivity index (χ1n) is 8.51. The fourth-order valence-electron chi connectivity index (χ4n) is 2.99. The number of carbonyl (C=O) groups is 1. The summed E-state index contributed by atoms with van der Waals surface area (Å²) in [5.74, 6) is 1.44. The van der Waals surface area contributed by atoms with Crippen LogP contribution in [0.25, 0.3) is 15.3 Å². The highest BCUT2D eigenvalue weighted by atomic mass is 35.5. The van der Waals surface area contributed by atoms with E-state index in [2.05, 4.69) is 15.4 Å². The molecule has 0 spiro atoms. The van der Waals surface area contributed by atoms with E-state index in [9.17, 15) is 4.79 Å². The van der Waals surface area contributed by atoms with Gasteiger partial charge in [0.25, 0.3) is 5.91 Å². The molecule has 1 aliphatic heterocycles. The van der Waals surface area contributed by atoms with Crippen LogP contribution in [0.15, 0.2) is 36.4 Å². The minimum Gasteiger partial charge on any atom is -0.454 e. The first-order valence-corrected chi connectivity index (χ1v) is 10.1. The van der Waals surface area contributed by atoms with Gasteiger partial charge in [0.2, 0.25) is 11.9 Å². The molecule has 4 aromatic rings. The van der Waals surface area contributed by atoms with Gasteiger partial charge >= 0.3 is 0 Å². The van der Waals surface area contributed by atoms with Crippen LogP contribution in [-0.2, 0) is 0 Å². The Morgan fingerprint density at radius 2 is 1.97 bits per heavy atom. The molecular formula is C19H12Cl2N4O3S. The predicted octanol–water partition coefficient (Wildman–Crippen LogP) is 5.08. The number of benzene rings is 2. The van der Waals surface area contributed by atoms with Crippen LogP contribution in [0.4, 0.5) is 5.82 Å². The molecule has 146 valence electrons. The second kappa shape index (κ2) is 6.91. The Bertz CT molecular complexity index is 1240. The highest BCUT2D eigenvalue weighted by Crippen LogP contribution is 2.39. The van der Waals surface area contributed by atoms with Gasteiger partial charge < -0.3 is 14.8 Å². The first-order chi connectivity index (χ1) is 14.0. The van der Waals surface area contributed by atoms with E-state index >= 15 is 0 Å². The fraction of sp³-hybridized carbons (Fsp3) is 0.105. The van der Waals surface area contributed by atoms with Crippen molar-refractivity contribution in [2.24, 2.45) is 0 Å². The Balaban J connectivity index is 1.52. The Labute approximate surface area is 178 Å². The lowest BCUT2D eigenvalue weighted by Crippen LogP contribution is -2.15. The quantitative estimate of drug-likeness (QED) is 0.474. The summed E-state index contributed by atoms with van der Waals surface area (Å²) in [4.78, 5) is 17.4. The molecule has 0 fully saturated rings. The fourth-order valence-corrected chi connectivity index (χ4v) is 4.30. The second-order valence-electron chi connectivity index (χ2n) is 6.33. The molecule has 3 heterocycles. The molecule has 0 radical (unpaired) electrons. The van der Waals surface area contributed by atoms with Crippen LogP contribution in [-0.4, -0.2) is 27.5 Å². The zero-order valence-corrected chi connectivity index (χ0v) is 17.2. The van der Waals surface area contributed by atoms with Crippen molar-refractivity contribution in [3.05, 3.63) is 57.7 Å². The van der Waals surface area contributed by atoms with Crippen LogP contribution in [0, 0.1) is 6.92 Å². The summed E-state index contributed by atoms with van der Waals surface area (Å²) >= 11 is 13.6. The van der Waals surface area contributed by atoms with Gasteiger partial charge in [0.1, 0.15) is 5.82 Å². The molecule has 10 heteroatoms. The van der Waals surface area contributed by atoms with E-state index in [4.69, 9.17) is 32.7 Å². The number of anilines is 1. The highest BCUT2D eigenvalue weighted by Gasteiger charge is 2.20. The smallest absolute Gasteiger partial charge is 0.258 e. The van der Waals surface area contributed by atoms with Crippen molar-refractivity contribution in [2.75, 3.05) is 12.1 Å². The van der Waals surface area contributed by atoms with Crippen molar-refractivity contribution >= 4 is 56.5 Å². The molecule has 2 aromatic heterocycles. The number of carbonyl (C=O) groups excluding carboxylic acids is 1. The third kappa shape index (κ3) is 3.29. The monoisotopic (exact) mass is 446 g/mol. The summed E-state index contributed by atoms with van der Waals surface area (Å²) in [6.07, 6.45) is 0. The molecule has 1 N–H and O–H groups in total. The van der Waals surface area contributed by atoms with Crippen molar-refractivity contribution < 1.29 is 14.3 Å². The number of ether oxygens (including phenoxy) is 2. The van der Waals surface area contributed by atoms with Crippen LogP contribution in [0.3, 0.4) is 0 Å². The number of hydrogen-bond donors (Lipinski definition) is 1. The third-order valence-corrected chi connectivity index (χ3v) is 5.86. The number of aromatic nitrogens is 3. The molecule has 0 unspecified atom stereocenters. The average Bonchev–Trinajstić information content (AvgIpc) is 3.39. The number of amides is 1. The van der Waals surface area contributed by atoms with Crippen molar-refractivity contribution in [1.82, 2.24) is 14.8 Å². The number of rotatable bonds is 3. The molecule has 0 atom stereocenters. The minimum atomic E-state index is -0.388. The lowest BCUT2D eigenvalue weighted by Gasteiger charge is -2.08. The lowest BCUT2D eigenvalue weighted by atomic mass is 10.2. The van der Waals surface area contributed by atoms with Crippen LogP contribution >= 0.6 is 34.5 Å². The van der Waals surface area contributed by atoms with E-state index in [1.807, 2.05) is 19.1 Å². The van der Waals surface area contributed by atoms with Crippen LogP contribution < -0.4 is 14.8 Å². The third-order valence-electron chi connectivity index (χ3n) is 4.30. The molecule has 0 saturated heterocycles. The number of fused-ring (bicyclic) bond motifs is 2. The van der Waals surface area contributed by atoms with Gasteiger partial charge in [0.05, 0.1) is 26.5 Å². The Hall–Kier alpha value is -2.81. The van der Waals surface area contributed by atoms with Gasteiger partial charge in [-0.25, -0.2) is 4.98 Å². The molecule has 5 rings (SSSR count). The molecule has 1 aliphatic rings. The highest BCUT2D eigenvalue weighted by molar-refractivity contribution is 7.20. The summed E-state index contributed by atoms with van der Waals surface area (Å²) in [5, 5.41) is 8.64. The molecule has 0 saturated carbocycles. The van der Waals surface area contributed by atoms with Crippen LogP contribution in [0.5, 0.6) is 11.5 Å². The standard InChI is InChI=1S/C19H12Cl2N4O3S/c1-9-4-17(23-18(26)11-5-10(20)2-3-12(11)21)25(24-9)19-22-13-6-14-15(28-8-27-14)7-16(13)29-19/h2-7H,8H2,1H3,(H,23,26). The molecule has 29 heavy (non-hydrogen) atoms. The Morgan fingerprint density at radius 1 is 1.17 bits per heavy atom. The molecular weight excluding hydrogens is 435 g/mol. The average molecular weight is 447 g/mol. The Kier molecular flexibility index (Phi) is 4.34. The molecule has 7 nitrogen and oxygen atoms in total. The summed E-state index contributed by atoms with van der Waals surface area (Å²) in [7, 11) is 0. The SMILES string of the molecule is Cc1cc(NC(=O)c2cc(Cl)ccc2Cl)n(-c2nc3cc4c(cc3s2)OCO4)n1. The first kappa shape index (κ1) is 18.2. The van der Waals surface area contributed by atoms with Crippen LogP contribution in [0.2, 0.25) is 10.0 Å². The van der Waals surface area contributed by atoms with Crippen molar-refractivity contribution in [3.63, 3.8) is 0 Å². The second-order valence-corrected chi connectivity index (χ2v) is 8.18. The maximum absolute atomic E-state index is 12.7. The number of thiazole rings is 1. The maximum atomic E-state index is 12.7. The van der Waals surface area contributed by atoms with Gasteiger partial charge in [0.15, 0.2) is 11.5 Å². The Morgan fingerprint density at radius 3 is 2.79 bits per heavy atom. The van der Waals surface area contributed by atoms with Gasteiger partial charge in [-0.15, -0.1) is 0 Å². The van der Waals surface area contributed by atoms with Crippen molar-refractivity contribution in [2.45, 2.75) is 6.92 Å². The lowest BCUT2D eigenvalue weighted by molar-refractivity contribution is 0.102. The number of nitrogens with zero attached hydrogens (tertiary/aromatic N) is 3. The largest absolute Gasteiger partial charge is 0.454 e. The number of hydrogen-bond acceptors (Lipinski definition) is 6. The van der Waals surface area contributed by atoms with Gasteiger partial charge in [-0.2, -0.15) is 9.78 Å². The normalized spacial score (nSPS) is 12.5. The molecule has 1 amide bonds. The van der Waals surface area contributed by atoms with E-state index < -0.39 is 0 Å². The van der Waals surface area contributed by atoms with Crippen molar-refractivity contribution in [1.29, 1.82) is 0 Å². The zero-order valence-electron chi connectivity index (χ0n) is 14.9. The summed E-state index contributed by atoms with van der Waals surface area (Å²) < 4.78 is 13.3. The van der Waals surface area contributed by atoms with E-state index in [1.165, 1.54) is 17.4 Å². The van der Waals surface area contributed by atoms with Gasteiger partial charge in [-0.3, -0.25) is 4.79 Å². The summed E-state index contributed by atoms with van der Waals surface area (Å²) in [5.41, 5.74) is 1.77. The molecule has 2 aromatic carbocycles. The summed E-state index contributed by atoms with van der Waals surface area (Å²) in [6.45, 7) is 2.04. The number of halogens is 2. The van der Waals surface area contributed by atoms with Gasteiger partial charge in [-0.05, 0) is 25.1 Å². The number of nitrogens with one attached hydrogen (secondary N) is 1. The zero-order chi connectivity index (χ0) is 20.1. The predicted molar refractivity (Wildman–Crippen MR) is 112 cm³/mol. The number of aryl methyl sites for hydroxylation is 1.